The topological polar surface area (TPSA) is 51.2 Å². The van der Waals surface area contributed by atoms with Gasteiger partial charge >= 0.3 is 0 Å². The fourth-order valence-electron chi connectivity index (χ4n) is 17.4. The van der Waals surface area contributed by atoms with Gasteiger partial charge < -0.3 is 28.1 Å². The Morgan fingerprint density at radius 3 is 1.00 bits per heavy atom. The van der Waals surface area contributed by atoms with Crippen LogP contribution < -0.4 is 19.3 Å². The summed E-state index contributed by atoms with van der Waals surface area (Å²) in [5, 5.41) is 4.13. The summed E-state index contributed by atoms with van der Waals surface area (Å²) < 4.78 is 59.3. The summed E-state index contributed by atoms with van der Waals surface area (Å²) in [5.74, 6) is 2.20. The minimum absolute atomic E-state index is 0.278. The Labute approximate surface area is 647 Å². The van der Waals surface area contributed by atoms with Crippen LogP contribution in [0.2, 0.25) is 0 Å². The first-order valence-corrected chi connectivity index (χ1v) is 37.7. The summed E-state index contributed by atoms with van der Waals surface area (Å²) in [7, 11) is 0. The normalized spacial score (nSPS) is 14.6. The number of fused-ring (bicyclic) bond motifs is 12. The lowest BCUT2D eigenvalue weighted by Crippen LogP contribution is -2.29. The van der Waals surface area contributed by atoms with E-state index in [1.165, 1.54) is 0 Å². The van der Waals surface area contributed by atoms with E-state index in [0.717, 1.165) is 167 Å². The van der Waals surface area contributed by atoms with Crippen LogP contribution in [0.15, 0.2) is 374 Å². The van der Waals surface area contributed by atoms with Gasteiger partial charge in [0.1, 0.15) is 57.0 Å². The molecule has 20 rings (SSSR count). The predicted molar refractivity (Wildman–Crippen MR) is 453 cm³/mol. The largest absolute Gasteiger partial charge is 0.457 e. The van der Waals surface area contributed by atoms with Crippen molar-refractivity contribution < 1.29 is 27.1 Å². The third-order valence-electron chi connectivity index (χ3n) is 22.9. The quantitative estimate of drug-likeness (QED) is 0.0906. The highest BCUT2D eigenvalue weighted by Gasteiger charge is 2.49. The average molecular weight is 1450 g/mol. The van der Waals surface area contributed by atoms with Crippen LogP contribution in [0.4, 0.5) is 42.9 Å². The lowest BCUT2D eigenvalue weighted by atomic mass is 9.67. The van der Waals surface area contributed by atoms with Gasteiger partial charge in [0.15, 0.2) is 0 Å². The number of aryl methyl sites for hydroxylation is 2. The zero-order valence-electron chi connectivity index (χ0n) is 61.3. The van der Waals surface area contributed by atoms with Crippen molar-refractivity contribution in [2.45, 2.75) is 24.7 Å². The van der Waals surface area contributed by atoms with E-state index in [0.29, 0.717) is 34.1 Å². The molecule has 16 aromatic carbocycles. The lowest BCUT2D eigenvalue weighted by Gasteiger charge is -2.35. The van der Waals surface area contributed by atoms with E-state index in [9.17, 15) is 0 Å². The van der Waals surface area contributed by atoms with Crippen LogP contribution in [0.1, 0.15) is 66.8 Å². The van der Waals surface area contributed by atoms with E-state index in [4.69, 9.17) is 18.3 Å². The van der Waals surface area contributed by atoms with Gasteiger partial charge in [0.2, 0.25) is 0 Å². The number of para-hydroxylation sites is 2. The van der Waals surface area contributed by atoms with Crippen molar-refractivity contribution in [1.82, 2.24) is 0 Å². The number of rotatable bonds is 17. The number of ether oxygens (including phenoxy) is 2. The Morgan fingerprint density at radius 2 is 0.607 bits per heavy atom. The number of anilines is 6. The summed E-state index contributed by atoms with van der Waals surface area (Å²) in [6.45, 7) is 11.5. The van der Waals surface area contributed by atoms with E-state index < -0.39 is 10.8 Å². The molecule has 18 aromatic rings. The van der Waals surface area contributed by atoms with Crippen LogP contribution in [0.25, 0.3) is 89.4 Å². The Bertz CT molecular complexity index is 6370. The molecule has 0 aliphatic heterocycles. The van der Waals surface area contributed by atoms with Gasteiger partial charge in [-0.25, -0.2) is 8.78 Å². The highest BCUT2D eigenvalue weighted by molar-refractivity contribution is 6.08. The van der Waals surface area contributed by atoms with Crippen LogP contribution >= 0.6 is 0 Å². The van der Waals surface area contributed by atoms with Gasteiger partial charge in [-0.15, -0.1) is 0 Å². The Hall–Kier alpha value is -14.3. The fraction of sp³-hybridized carbons (Fsp3) is 0.0385. The molecule has 0 saturated heterocycles. The highest BCUT2D eigenvalue weighted by atomic mass is 19.1. The Balaban J connectivity index is 0.707. The van der Waals surface area contributed by atoms with Crippen LogP contribution in [0.3, 0.4) is 0 Å². The SMILES string of the molecule is C=Cc1ccc(Oc2ccc(C3(c4ccc(C)c(F)c4)c4ccccc4-c4ccc(N(c5ccc(-c6ccc(N(c7ccc8c(c7)C(c7ccc(Oc9ccc(C=C)cc9)cc7)(c7ccc(C)c(F)c7)c7ccccc7-8)c7ccc8c(c7)oc7ccccc78)cc6)cc5)c5ccc6c(c5)oc5ccccc56)cc43)cc2)cc1. The molecule has 2 aromatic heterocycles. The Kier molecular flexibility index (Phi) is 16.0. The molecule has 6 nitrogen and oxygen atoms in total. The molecule has 2 aliphatic carbocycles. The molecule has 8 heteroatoms. The van der Waals surface area contributed by atoms with Gasteiger partial charge in [-0.05, 0) is 260 Å². The molecular weight excluding hydrogens is 1380 g/mol. The minimum atomic E-state index is -0.969. The molecule has 0 N–H and O–H groups in total. The maximum absolute atomic E-state index is 16.5. The number of hydrogen-bond acceptors (Lipinski definition) is 6. The van der Waals surface area contributed by atoms with Gasteiger partial charge in [-0.1, -0.05) is 219 Å². The van der Waals surface area contributed by atoms with E-state index in [-0.39, 0.29) is 11.6 Å². The third-order valence-corrected chi connectivity index (χ3v) is 22.9. The van der Waals surface area contributed by atoms with Crippen molar-refractivity contribution in [2.75, 3.05) is 9.80 Å². The van der Waals surface area contributed by atoms with E-state index >= 15 is 8.78 Å². The van der Waals surface area contributed by atoms with Crippen molar-refractivity contribution in [3.8, 4) is 56.4 Å². The summed E-state index contributed by atoms with van der Waals surface area (Å²) in [6.07, 6.45) is 3.63. The maximum Gasteiger partial charge on any atom is 0.137 e. The van der Waals surface area contributed by atoms with Gasteiger partial charge in [0, 0.05) is 67.8 Å². The molecule has 0 bridgehead atoms. The van der Waals surface area contributed by atoms with Crippen molar-refractivity contribution in [3.05, 3.63) is 443 Å². The molecular formula is C104H70F2N2O4. The average Bonchev–Trinajstić information content (AvgIpc) is 1.53. The molecule has 0 amide bonds. The van der Waals surface area contributed by atoms with Gasteiger partial charge in [0.05, 0.1) is 10.8 Å². The van der Waals surface area contributed by atoms with E-state index in [1.807, 2.05) is 147 Å². The van der Waals surface area contributed by atoms with Crippen molar-refractivity contribution in [3.63, 3.8) is 0 Å². The first-order chi connectivity index (χ1) is 55.0. The van der Waals surface area contributed by atoms with Gasteiger partial charge in [0.25, 0.3) is 0 Å². The zero-order valence-corrected chi connectivity index (χ0v) is 61.3. The third kappa shape index (κ3) is 11.0. The second-order valence-electron chi connectivity index (χ2n) is 29.1. The first kappa shape index (κ1) is 67.0. The number of halogens is 2. The van der Waals surface area contributed by atoms with Gasteiger partial charge in [-0.3, -0.25) is 0 Å². The summed E-state index contributed by atoms with van der Waals surface area (Å²) in [6, 6.07) is 121. The minimum Gasteiger partial charge on any atom is -0.457 e. The van der Waals surface area contributed by atoms with Crippen LogP contribution in [0.5, 0.6) is 23.0 Å². The fourth-order valence-corrected chi connectivity index (χ4v) is 17.4. The second-order valence-corrected chi connectivity index (χ2v) is 29.1. The maximum atomic E-state index is 16.5. The summed E-state index contributed by atoms with van der Waals surface area (Å²) in [5.41, 5.74) is 23.7. The van der Waals surface area contributed by atoms with Gasteiger partial charge in [-0.2, -0.15) is 0 Å². The molecule has 0 radical (unpaired) electrons. The molecule has 0 saturated carbocycles. The second kappa shape index (κ2) is 26.8. The molecule has 0 fully saturated rings. The number of nitrogens with zero attached hydrogens (tertiary/aromatic N) is 2. The van der Waals surface area contributed by atoms with E-state index in [1.54, 1.807) is 12.1 Å². The number of furan rings is 2. The van der Waals surface area contributed by atoms with E-state index in [2.05, 4.69) is 241 Å². The molecule has 2 unspecified atom stereocenters. The molecule has 2 heterocycles. The predicted octanol–water partition coefficient (Wildman–Crippen LogP) is 28.6. The first-order valence-electron chi connectivity index (χ1n) is 37.7. The summed E-state index contributed by atoms with van der Waals surface area (Å²) >= 11 is 0. The van der Waals surface area contributed by atoms with Crippen LogP contribution in [-0.4, -0.2) is 0 Å². The van der Waals surface area contributed by atoms with Crippen molar-refractivity contribution >= 4 is 90.2 Å². The lowest BCUT2D eigenvalue weighted by molar-refractivity contribution is 0.482. The molecule has 112 heavy (non-hydrogen) atoms. The molecule has 2 aliphatic rings. The van der Waals surface area contributed by atoms with Crippen molar-refractivity contribution in [1.29, 1.82) is 0 Å². The molecule has 2 atom stereocenters. The van der Waals surface area contributed by atoms with Crippen LogP contribution in [0, 0.1) is 25.5 Å². The Morgan fingerprint density at radius 1 is 0.286 bits per heavy atom. The van der Waals surface area contributed by atoms with Crippen molar-refractivity contribution in [2.24, 2.45) is 0 Å². The molecule has 0 spiro atoms. The monoisotopic (exact) mass is 1450 g/mol. The standard InChI is InChI=1S/C104H70F2N2O4/c1-5-67-25-47-81(48-26-67)109-83-51-35-71(36-52-83)103(73-33-23-65(3)97(105)59-73)93-19-11-7-15-85(93)87-55-43-77(61-95(87)103)107(79-45-57-91-89-17-9-13-21-99(89)111-101(91)63-79)75-39-29-69(30-40-75)70-31-41-76(42-32-70)108(80-46-58-92-90-18-10-14-22-100(90)112-102(92)64-80)78-44-56-88-86-16-8-12-20-94(86)104(96(88)62-78,74-34-24-66(4)98(106)60-74)72-37-53-84(54-38-72)110-82-49-27-68(6-2)28-50-82/h5-64H,1-2H2,3-4H3. The zero-order chi connectivity index (χ0) is 75.3. The molecule has 534 valence electrons. The number of hydrogen-bond donors (Lipinski definition) is 0. The summed E-state index contributed by atoms with van der Waals surface area (Å²) in [4.78, 5) is 4.59. The smallest absolute Gasteiger partial charge is 0.137 e. The highest BCUT2D eigenvalue weighted by Crippen LogP contribution is 2.60. The number of benzene rings is 16. The van der Waals surface area contributed by atoms with Crippen LogP contribution in [-0.2, 0) is 10.8 Å².